The van der Waals surface area contributed by atoms with Gasteiger partial charge < -0.3 is 14.5 Å². The predicted octanol–water partition coefficient (Wildman–Crippen LogP) is 2.12. The predicted molar refractivity (Wildman–Crippen MR) is 77.2 cm³/mol. The summed E-state index contributed by atoms with van der Waals surface area (Å²) in [7, 11) is 1.32. The number of esters is 1. The zero-order valence-corrected chi connectivity index (χ0v) is 12.3. The van der Waals surface area contributed by atoms with Crippen molar-refractivity contribution in [3.63, 3.8) is 0 Å². The molecule has 0 radical (unpaired) electrons. The first-order valence-electron chi connectivity index (χ1n) is 6.76. The molecular formula is C15H22N2O3. The number of rotatable bonds is 6. The second kappa shape index (κ2) is 8.19. The van der Waals surface area contributed by atoms with Crippen molar-refractivity contribution in [3.05, 3.63) is 35.9 Å². The molecule has 110 valence electrons. The van der Waals surface area contributed by atoms with Gasteiger partial charge in [0.15, 0.2) is 0 Å². The van der Waals surface area contributed by atoms with Crippen LogP contribution in [-0.4, -0.2) is 48.5 Å². The number of hydrogen-bond acceptors (Lipinski definition) is 3. The minimum absolute atomic E-state index is 0.0409. The van der Waals surface area contributed by atoms with Crippen LogP contribution in [0.15, 0.2) is 30.3 Å². The maximum Gasteiger partial charge on any atom is 0.325 e. The van der Waals surface area contributed by atoms with Gasteiger partial charge in [-0.05, 0) is 19.4 Å². The minimum atomic E-state index is -0.415. The van der Waals surface area contributed by atoms with E-state index in [1.165, 1.54) is 12.0 Å². The second-order valence-electron chi connectivity index (χ2n) is 4.37. The minimum Gasteiger partial charge on any atom is -0.468 e. The highest BCUT2D eigenvalue weighted by Crippen LogP contribution is 2.08. The highest BCUT2D eigenvalue weighted by molar-refractivity contribution is 5.81. The summed E-state index contributed by atoms with van der Waals surface area (Å²) in [6.45, 7) is 5.41. The highest BCUT2D eigenvalue weighted by atomic mass is 16.5. The monoisotopic (exact) mass is 278 g/mol. The van der Waals surface area contributed by atoms with Crippen LogP contribution < -0.4 is 0 Å². The third-order valence-corrected chi connectivity index (χ3v) is 3.07. The van der Waals surface area contributed by atoms with Gasteiger partial charge >= 0.3 is 12.0 Å². The maximum atomic E-state index is 12.4. The number of benzene rings is 1. The SMILES string of the molecule is CCN(CC)C(=O)N(CC(=O)OC)Cc1ccccc1. The van der Waals surface area contributed by atoms with E-state index in [0.717, 1.165) is 5.56 Å². The van der Waals surface area contributed by atoms with Crippen molar-refractivity contribution in [1.82, 2.24) is 9.80 Å². The van der Waals surface area contributed by atoms with Crippen LogP contribution in [0.1, 0.15) is 19.4 Å². The van der Waals surface area contributed by atoms with Crippen LogP contribution in [0, 0.1) is 0 Å². The molecule has 0 N–H and O–H groups in total. The van der Waals surface area contributed by atoms with Crippen molar-refractivity contribution in [1.29, 1.82) is 0 Å². The topological polar surface area (TPSA) is 49.9 Å². The Bertz CT molecular complexity index is 430. The van der Waals surface area contributed by atoms with Gasteiger partial charge in [0.05, 0.1) is 7.11 Å². The van der Waals surface area contributed by atoms with Crippen LogP contribution >= 0.6 is 0 Å². The summed E-state index contributed by atoms with van der Waals surface area (Å²) in [5.74, 6) is -0.415. The molecule has 0 saturated carbocycles. The van der Waals surface area contributed by atoms with Crippen LogP contribution in [-0.2, 0) is 16.1 Å². The molecule has 1 aromatic carbocycles. The zero-order chi connectivity index (χ0) is 15.0. The largest absolute Gasteiger partial charge is 0.468 e. The number of nitrogens with zero attached hydrogens (tertiary/aromatic N) is 2. The van der Waals surface area contributed by atoms with Gasteiger partial charge in [-0.25, -0.2) is 4.79 Å². The van der Waals surface area contributed by atoms with Gasteiger partial charge in [0.25, 0.3) is 0 Å². The second-order valence-corrected chi connectivity index (χ2v) is 4.37. The van der Waals surface area contributed by atoms with E-state index in [1.54, 1.807) is 4.90 Å². The van der Waals surface area contributed by atoms with E-state index in [2.05, 4.69) is 4.74 Å². The molecule has 1 rings (SSSR count). The fraction of sp³-hybridized carbons (Fsp3) is 0.467. The molecule has 0 bridgehead atoms. The smallest absolute Gasteiger partial charge is 0.325 e. The Hall–Kier alpha value is -2.04. The molecule has 0 spiro atoms. The Kier molecular flexibility index (Phi) is 6.56. The van der Waals surface area contributed by atoms with Gasteiger partial charge in [-0.1, -0.05) is 30.3 Å². The Morgan fingerprint density at radius 3 is 2.15 bits per heavy atom. The Morgan fingerprint density at radius 1 is 1.05 bits per heavy atom. The van der Waals surface area contributed by atoms with Gasteiger partial charge in [-0.15, -0.1) is 0 Å². The molecule has 20 heavy (non-hydrogen) atoms. The Labute approximate surface area is 120 Å². The lowest BCUT2D eigenvalue weighted by molar-refractivity contribution is -0.141. The highest BCUT2D eigenvalue weighted by Gasteiger charge is 2.21. The third kappa shape index (κ3) is 4.57. The van der Waals surface area contributed by atoms with Crippen LogP contribution in [0.3, 0.4) is 0 Å². The Morgan fingerprint density at radius 2 is 1.65 bits per heavy atom. The lowest BCUT2D eigenvalue weighted by Crippen LogP contribution is -2.45. The molecule has 0 unspecified atom stereocenters. The summed E-state index contributed by atoms with van der Waals surface area (Å²) in [5.41, 5.74) is 0.983. The summed E-state index contributed by atoms with van der Waals surface area (Å²) in [4.78, 5) is 27.1. The van der Waals surface area contributed by atoms with Crippen LogP contribution in [0.2, 0.25) is 0 Å². The molecule has 0 aliphatic rings. The molecule has 1 aromatic rings. The van der Waals surface area contributed by atoms with E-state index in [9.17, 15) is 9.59 Å². The maximum absolute atomic E-state index is 12.4. The Balaban J connectivity index is 2.84. The molecular weight excluding hydrogens is 256 g/mol. The average Bonchev–Trinajstić information content (AvgIpc) is 2.48. The number of amides is 2. The zero-order valence-electron chi connectivity index (χ0n) is 12.3. The molecule has 2 amide bonds. The molecule has 0 aliphatic carbocycles. The van der Waals surface area contributed by atoms with E-state index >= 15 is 0 Å². The van der Waals surface area contributed by atoms with Crippen molar-refractivity contribution in [2.45, 2.75) is 20.4 Å². The number of ether oxygens (including phenoxy) is 1. The molecule has 0 aliphatic heterocycles. The van der Waals surface area contributed by atoms with Gasteiger partial charge in [0, 0.05) is 19.6 Å². The molecule has 0 heterocycles. The number of carbonyl (C=O) groups excluding carboxylic acids is 2. The summed E-state index contributed by atoms with van der Waals surface area (Å²) in [5, 5.41) is 0. The van der Waals surface area contributed by atoms with Crippen LogP contribution in [0.4, 0.5) is 4.79 Å². The summed E-state index contributed by atoms with van der Waals surface area (Å²) >= 11 is 0. The first kappa shape index (κ1) is 16.0. The van der Waals surface area contributed by atoms with Crippen molar-refractivity contribution in [3.8, 4) is 0 Å². The molecule has 0 saturated heterocycles. The molecule has 0 fully saturated rings. The number of carbonyl (C=O) groups is 2. The first-order chi connectivity index (χ1) is 9.62. The standard InChI is InChI=1S/C15H22N2O3/c1-4-16(5-2)15(19)17(12-14(18)20-3)11-13-9-7-6-8-10-13/h6-10H,4-5,11-12H2,1-3H3. The molecule has 0 atom stereocenters. The van der Waals surface area contributed by atoms with Crippen molar-refractivity contribution < 1.29 is 14.3 Å². The lowest BCUT2D eigenvalue weighted by Gasteiger charge is -2.28. The normalized spacial score (nSPS) is 9.95. The lowest BCUT2D eigenvalue weighted by atomic mass is 10.2. The third-order valence-electron chi connectivity index (χ3n) is 3.07. The van der Waals surface area contributed by atoms with E-state index < -0.39 is 5.97 Å². The first-order valence-corrected chi connectivity index (χ1v) is 6.76. The molecule has 0 aromatic heterocycles. The fourth-order valence-corrected chi connectivity index (χ4v) is 1.91. The van der Waals surface area contributed by atoms with Gasteiger partial charge in [-0.2, -0.15) is 0 Å². The van der Waals surface area contributed by atoms with Crippen molar-refractivity contribution in [2.24, 2.45) is 0 Å². The van der Waals surface area contributed by atoms with Crippen molar-refractivity contribution in [2.75, 3.05) is 26.7 Å². The van der Waals surface area contributed by atoms with E-state index in [0.29, 0.717) is 19.6 Å². The van der Waals surface area contributed by atoms with Crippen molar-refractivity contribution >= 4 is 12.0 Å². The van der Waals surface area contributed by atoms with Crippen LogP contribution in [0.5, 0.6) is 0 Å². The fourth-order valence-electron chi connectivity index (χ4n) is 1.91. The summed E-state index contributed by atoms with van der Waals surface area (Å²) < 4.78 is 4.66. The van der Waals surface area contributed by atoms with Gasteiger partial charge in [0.2, 0.25) is 0 Å². The number of hydrogen-bond donors (Lipinski definition) is 0. The van der Waals surface area contributed by atoms with Gasteiger partial charge in [0.1, 0.15) is 6.54 Å². The average molecular weight is 278 g/mol. The summed E-state index contributed by atoms with van der Waals surface area (Å²) in [6, 6.07) is 9.45. The number of methoxy groups -OCH3 is 1. The van der Waals surface area contributed by atoms with E-state index in [4.69, 9.17) is 0 Å². The van der Waals surface area contributed by atoms with Crippen LogP contribution in [0.25, 0.3) is 0 Å². The molecule has 5 nitrogen and oxygen atoms in total. The molecule has 5 heteroatoms. The summed E-state index contributed by atoms with van der Waals surface area (Å²) in [6.07, 6.45) is 0. The van der Waals surface area contributed by atoms with E-state index in [1.807, 2.05) is 44.2 Å². The van der Waals surface area contributed by atoms with Gasteiger partial charge in [-0.3, -0.25) is 4.79 Å². The van der Waals surface area contributed by atoms with E-state index in [-0.39, 0.29) is 12.6 Å². The number of urea groups is 1. The quantitative estimate of drug-likeness (QED) is 0.749.